The Morgan fingerprint density at radius 1 is 1.29 bits per heavy atom. The van der Waals surface area contributed by atoms with Crippen molar-refractivity contribution in [2.24, 2.45) is 0 Å². The van der Waals surface area contributed by atoms with Gasteiger partial charge in [-0.1, -0.05) is 19.9 Å². The predicted octanol–water partition coefficient (Wildman–Crippen LogP) is 3.38. The highest BCUT2D eigenvalue weighted by molar-refractivity contribution is 5.41. The molecule has 21 heavy (non-hydrogen) atoms. The molecule has 0 radical (unpaired) electrons. The Labute approximate surface area is 126 Å². The number of pyridine rings is 1. The van der Waals surface area contributed by atoms with Gasteiger partial charge in [0.2, 0.25) is 0 Å². The van der Waals surface area contributed by atoms with Crippen LogP contribution in [0.4, 0.5) is 5.82 Å². The fourth-order valence-electron chi connectivity index (χ4n) is 2.92. The summed E-state index contributed by atoms with van der Waals surface area (Å²) in [5.74, 6) is 2.04. The van der Waals surface area contributed by atoms with Crippen LogP contribution in [-0.4, -0.2) is 28.0 Å². The minimum atomic E-state index is 0.436. The Kier molecular flexibility index (Phi) is 4.13. The zero-order chi connectivity index (χ0) is 14.7. The van der Waals surface area contributed by atoms with Gasteiger partial charge in [-0.3, -0.25) is 4.98 Å². The first kappa shape index (κ1) is 14.0. The topological polar surface area (TPSA) is 41.9 Å². The van der Waals surface area contributed by atoms with Gasteiger partial charge >= 0.3 is 0 Å². The van der Waals surface area contributed by atoms with Crippen LogP contribution in [0.5, 0.6) is 0 Å². The molecule has 2 aromatic heterocycles. The summed E-state index contributed by atoms with van der Waals surface area (Å²) in [6, 6.07) is 6.34. The third-order valence-corrected chi connectivity index (χ3v) is 4.17. The Morgan fingerprint density at radius 2 is 2.19 bits per heavy atom. The van der Waals surface area contributed by atoms with Crippen molar-refractivity contribution in [3.8, 4) is 0 Å². The van der Waals surface area contributed by atoms with E-state index in [-0.39, 0.29) is 0 Å². The zero-order valence-corrected chi connectivity index (χ0v) is 12.7. The molecule has 1 fully saturated rings. The van der Waals surface area contributed by atoms with E-state index in [9.17, 15) is 0 Å². The highest BCUT2D eigenvalue weighted by atomic mass is 15.2. The molecule has 0 spiro atoms. The fourth-order valence-corrected chi connectivity index (χ4v) is 2.92. The number of rotatable bonds is 3. The molecule has 0 saturated carbocycles. The van der Waals surface area contributed by atoms with Gasteiger partial charge < -0.3 is 4.90 Å². The number of piperidine rings is 1. The molecular weight excluding hydrogens is 260 g/mol. The van der Waals surface area contributed by atoms with E-state index in [4.69, 9.17) is 0 Å². The molecule has 0 aliphatic carbocycles. The second-order valence-corrected chi connectivity index (χ2v) is 6.03. The average molecular weight is 282 g/mol. The van der Waals surface area contributed by atoms with Crippen LogP contribution in [0.25, 0.3) is 0 Å². The summed E-state index contributed by atoms with van der Waals surface area (Å²) in [7, 11) is 0. The van der Waals surface area contributed by atoms with Crippen LogP contribution >= 0.6 is 0 Å². The first-order valence-corrected chi connectivity index (χ1v) is 7.71. The number of hydrogen-bond donors (Lipinski definition) is 0. The molecule has 3 rings (SSSR count). The van der Waals surface area contributed by atoms with Gasteiger partial charge in [0.25, 0.3) is 0 Å². The third kappa shape index (κ3) is 3.20. The summed E-state index contributed by atoms with van der Waals surface area (Å²) in [5, 5.41) is 0. The molecule has 0 bridgehead atoms. The highest BCUT2D eigenvalue weighted by Gasteiger charge is 2.22. The molecule has 0 N–H and O–H groups in total. The summed E-state index contributed by atoms with van der Waals surface area (Å²) >= 11 is 0. The third-order valence-electron chi connectivity index (χ3n) is 4.17. The number of aromatic nitrogens is 3. The standard InChI is InChI=1S/C17H22N4/c1-13(2)16-9-17(20-12-19-16)21-8-4-6-15(11-21)14-5-3-7-18-10-14/h3,5,7,9-10,12-13,15H,4,6,8,11H2,1-2H3/t15-/m1/s1. The summed E-state index contributed by atoms with van der Waals surface area (Å²) in [4.78, 5) is 15.5. The maximum absolute atomic E-state index is 4.47. The Hall–Kier alpha value is -1.97. The molecule has 2 aromatic rings. The normalized spacial score (nSPS) is 19.0. The first-order chi connectivity index (χ1) is 10.2. The maximum atomic E-state index is 4.47. The van der Waals surface area contributed by atoms with Crippen molar-refractivity contribution < 1.29 is 0 Å². The maximum Gasteiger partial charge on any atom is 0.132 e. The van der Waals surface area contributed by atoms with Gasteiger partial charge in [0, 0.05) is 43.2 Å². The summed E-state index contributed by atoms with van der Waals surface area (Å²) in [6.45, 7) is 6.42. The van der Waals surface area contributed by atoms with Crippen molar-refractivity contribution >= 4 is 5.82 Å². The average Bonchev–Trinajstić information content (AvgIpc) is 2.56. The number of hydrogen-bond acceptors (Lipinski definition) is 4. The Bertz CT molecular complexity index is 582. The van der Waals surface area contributed by atoms with Gasteiger partial charge in [0.15, 0.2) is 0 Å². The van der Waals surface area contributed by atoms with Crippen molar-refractivity contribution in [1.29, 1.82) is 0 Å². The molecule has 0 amide bonds. The van der Waals surface area contributed by atoms with E-state index in [0.29, 0.717) is 11.8 Å². The number of nitrogens with zero attached hydrogens (tertiary/aromatic N) is 4. The lowest BCUT2D eigenvalue weighted by molar-refractivity contribution is 0.505. The SMILES string of the molecule is CC(C)c1cc(N2CCC[C@@H](c3cccnc3)C2)ncn1. The molecule has 3 heterocycles. The van der Waals surface area contributed by atoms with Gasteiger partial charge in [0.1, 0.15) is 12.1 Å². The molecule has 1 atom stereocenters. The Balaban J connectivity index is 1.78. The van der Waals surface area contributed by atoms with Gasteiger partial charge in [0.05, 0.1) is 0 Å². The van der Waals surface area contributed by atoms with Crippen molar-refractivity contribution in [2.45, 2.75) is 38.5 Å². The van der Waals surface area contributed by atoms with Crippen LogP contribution in [0.2, 0.25) is 0 Å². The van der Waals surface area contributed by atoms with Crippen LogP contribution in [0.3, 0.4) is 0 Å². The number of anilines is 1. The molecule has 1 saturated heterocycles. The van der Waals surface area contributed by atoms with Crippen LogP contribution in [0.1, 0.15) is 49.8 Å². The smallest absolute Gasteiger partial charge is 0.132 e. The molecule has 0 unspecified atom stereocenters. The van der Waals surface area contributed by atoms with Crippen LogP contribution in [0, 0.1) is 0 Å². The van der Waals surface area contributed by atoms with E-state index in [1.807, 2.05) is 18.5 Å². The van der Waals surface area contributed by atoms with E-state index >= 15 is 0 Å². The zero-order valence-electron chi connectivity index (χ0n) is 12.7. The van der Waals surface area contributed by atoms with E-state index in [1.54, 1.807) is 6.33 Å². The lowest BCUT2D eigenvalue weighted by Gasteiger charge is -2.33. The monoisotopic (exact) mass is 282 g/mol. The molecule has 4 nitrogen and oxygen atoms in total. The molecule has 110 valence electrons. The van der Waals surface area contributed by atoms with E-state index in [2.05, 4.69) is 45.8 Å². The molecular formula is C17H22N4. The second kappa shape index (κ2) is 6.20. The van der Waals surface area contributed by atoms with Crippen molar-refractivity contribution in [3.63, 3.8) is 0 Å². The van der Waals surface area contributed by atoms with Crippen molar-refractivity contribution in [2.75, 3.05) is 18.0 Å². The largest absolute Gasteiger partial charge is 0.356 e. The van der Waals surface area contributed by atoms with E-state index in [0.717, 1.165) is 24.6 Å². The van der Waals surface area contributed by atoms with Gasteiger partial charge in [-0.05, 0) is 30.4 Å². The molecule has 0 aromatic carbocycles. The van der Waals surface area contributed by atoms with Crippen LogP contribution in [0.15, 0.2) is 36.9 Å². The van der Waals surface area contributed by atoms with Gasteiger partial charge in [-0.25, -0.2) is 9.97 Å². The van der Waals surface area contributed by atoms with E-state index < -0.39 is 0 Å². The summed E-state index contributed by atoms with van der Waals surface area (Å²) in [5.41, 5.74) is 2.45. The minimum Gasteiger partial charge on any atom is -0.356 e. The molecule has 1 aliphatic heterocycles. The van der Waals surface area contributed by atoms with Gasteiger partial charge in [-0.15, -0.1) is 0 Å². The second-order valence-electron chi connectivity index (χ2n) is 6.03. The van der Waals surface area contributed by atoms with Crippen molar-refractivity contribution in [3.05, 3.63) is 48.2 Å². The van der Waals surface area contributed by atoms with Crippen LogP contribution < -0.4 is 4.90 Å². The molecule has 4 heteroatoms. The summed E-state index contributed by atoms with van der Waals surface area (Å²) < 4.78 is 0. The highest BCUT2D eigenvalue weighted by Crippen LogP contribution is 2.29. The summed E-state index contributed by atoms with van der Waals surface area (Å²) in [6.07, 6.45) is 7.94. The lowest BCUT2D eigenvalue weighted by atomic mass is 9.92. The quantitative estimate of drug-likeness (QED) is 0.865. The first-order valence-electron chi connectivity index (χ1n) is 7.71. The molecule has 1 aliphatic rings. The predicted molar refractivity (Wildman–Crippen MR) is 84.5 cm³/mol. The minimum absolute atomic E-state index is 0.436. The van der Waals surface area contributed by atoms with E-state index in [1.165, 1.54) is 18.4 Å². The lowest BCUT2D eigenvalue weighted by Crippen LogP contribution is -2.35. The van der Waals surface area contributed by atoms with Crippen molar-refractivity contribution in [1.82, 2.24) is 15.0 Å². The Morgan fingerprint density at radius 3 is 2.95 bits per heavy atom. The fraction of sp³-hybridized carbons (Fsp3) is 0.471. The van der Waals surface area contributed by atoms with Gasteiger partial charge in [-0.2, -0.15) is 0 Å². The van der Waals surface area contributed by atoms with Crippen LogP contribution in [-0.2, 0) is 0 Å².